The van der Waals surface area contributed by atoms with Crippen molar-refractivity contribution >= 4 is 12.6 Å². The van der Waals surface area contributed by atoms with Gasteiger partial charge in [0.1, 0.15) is 0 Å². The third-order valence-corrected chi connectivity index (χ3v) is 4.07. The lowest BCUT2D eigenvalue weighted by Crippen LogP contribution is -2.34. The molecule has 0 atom stereocenters. The standard InChI is InChI=1S/C12H25NS/c1-3-4-5-11-6-8-12(9-7-11)13(2)10-14/h11-12,14H,3-10H2,1-2H3. The summed E-state index contributed by atoms with van der Waals surface area (Å²) in [5.74, 6) is 1.93. The van der Waals surface area contributed by atoms with Crippen LogP contribution in [0.1, 0.15) is 51.9 Å². The van der Waals surface area contributed by atoms with E-state index in [0.29, 0.717) is 0 Å². The normalized spacial score (nSPS) is 28.3. The molecule has 0 saturated heterocycles. The Morgan fingerprint density at radius 2 is 1.86 bits per heavy atom. The molecule has 1 aliphatic rings. The first-order chi connectivity index (χ1) is 6.77. The Labute approximate surface area is 94.7 Å². The Balaban J connectivity index is 2.17. The average molecular weight is 215 g/mol. The first kappa shape index (κ1) is 12.4. The molecule has 0 aromatic heterocycles. The molecule has 1 fully saturated rings. The van der Waals surface area contributed by atoms with Crippen LogP contribution < -0.4 is 0 Å². The van der Waals surface area contributed by atoms with Crippen LogP contribution in [0, 0.1) is 5.92 Å². The van der Waals surface area contributed by atoms with Gasteiger partial charge in [-0.05, 0) is 38.6 Å². The van der Waals surface area contributed by atoms with E-state index in [-0.39, 0.29) is 0 Å². The molecule has 1 nitrogen and oxygen atoms in total. The maximum absolute atomic E-state index is 4.33. The smallest absolute Gasteiger partial charge is 0.0414 e. The van der Waals surface area contributed by atoms with Gasteiger partial charge in [-0.2, -0.15) is 12.6 Å². The molecule has 1 rings (SSSR count). The van der Waals surface area contributed by atoms with E-state index >= 15 is 0 Å². The fourth-order valence-corrected chi connectivity index (χ4v) is 2.71. The predicted octanol–water partition coefficient (Wildman–Crippen LogP) is 3.55. The van der Waals surface area contributed by atoms with Crippen LogP contribution in [0.5, 0.6) is 0 Å². The van der Waals surface area contributed by atoms with E-state index in [1.54, 1.807) is 0 Å². The Bertz CT molecular complexity index is 141. The molecule has 0 aromatic rings. The number of unbranched alkanes of at least 4 members (excludes halogenated alkanes) is 1. The summed E-state index contributed by atoms with van der Waals surface area (Å²) in [5.41, 5.74) is 0. The summed E-state index contributed by atoms with van der Waals surface area (Å²) >= 11 is 4.33. The van der Waals surface area contributed by atoms with Gasteiger partial charge in [-0.15, -0.1) is 0 Å². The van der Waals surface area contributed by atoms with Gasteiger partial charge in [0.05, 0.1) is 0 Å². The number of rotatable bonds is 5. The van der Waals surface area contributed by atoms with Gasteiger partial charge in [0, 0.05) is 11.9 Å². The van der Waals surface area contributed by atoms with Crippen molar-refractivity contribution in [2.75, 3.05) is 12.9 Å². The molecular formula is C12H25NS. The highest BCUT2D eigenvalue weighted by molar-refractivity contribution is 7.80. The first-order valence-corrected chi connectivity index (χ1v) is 6.72. The maximum atomic E-state index is 4.33. The van der Waals surface area contributed by atoms with Crippen LogP contribution in [0.15, 0.2) is 0 Å². The molecule has 1 saturated carbocycles. The van der Waals surface area contributed by atoms with Crippen LogP contribution in [0.4, 0.5) is 0 Å². The van der Waals surface area contributed by atoms with Crippen molar-refractivity contribution in [2.24, 2.45) is 5.92 Å². The Morgan fingerprint density at radius 3 is 2.36 bits per heavy atom. The van der Waals surface area contributed by atoms with E-state index in [9.17, 15) is 0 Å². The van der Waals surface area contributed by atoms with Gasteiger partial charge in [0.2, 0.25) is 0 Å². The Kier molecular flexibility index (Phi) is 5.95. The fourth-order valence-electron chi connectivity index (χ4n) is 2.48. The minimum Gasteiger partial charge on any atom is -0.294 e. The van der Waals surface area contributed by atoms with E-state index in [1.807, 2.05) is 0 Å². The Hall–Kier alpha value is 0.310. The fraction of sp³-hybridized carbons (Fsp3) is 1.00. The van der Waals surface area contributed by atoms with Gasteiger partial charge in [-0.25, -0.2) is 0 Å². The maximum Gasteiger partial charge on any atom is 0.0414 e. The highest BCUT2D eigenvalue weighted by atomic mass is 32.1. The summed E-state index contributed by atoms with van der Waals surface area (Å²) in [4.78, 5) is 2.39. The lowest BCUT2D eigenvalue weighted by atomic mass is 9.83. The van der Waals surface area contributed by atoms with Crippen molar-refractivity contribution in [2.45, 2.75) is 57.9 Å². The predicted molar refractivity (Wildman–Crippen MR) is 66.9 cm³/mol. The van der Waals surface area contributed by atoms with Gasteiger partial charge in [-0.1, -0.05) is 26.2 Å². The van der Waals surface area contributed by atoms with E-state index in [0.717, 1.165) is 17.8 Å². The molecule has 0 unspecified atom stereocenters. The van der Waals surface area contributed by atoms with Crippen LogP contribution in [-0.4, -0.2) is 23.9 Å². The highest BCUT2D eigenvalue weighted by Crippen LogP contribution is 2.30. The molecule has 0 amide bonds. The first-order valence-electron chi connectivity index (χ1n) is 6.09. The van der Waals surface area contributed by atoms with Gasteiger partial charge < -0.3 is 0 Å². The van der Waals surface area contributed by atoms with Crippen molar-refractivity contribution in [3.05, 3.63) is 0 Å². The number of nitrogens with zero attached hydrogens (tertiary/aromatic N) is 1. The minimum atomic E-state index is 0.811. The second-order valence-corrected chi connectivity index (χ2v) is 5.00. The summed E-state index contributed by atoms with van der Waals surface area (Å²) in [5, 5.41) is 0. The Morgan fingerprint density at radius 1 is 1.21 bits per heavy atom. The van der Waals surface area contributed by atoms with E-state index < -0.39 is 0 Å². The third kappa shape index (κ3) is 3.82. The second kappa shape index (κ2) is 6.73. The molecule has 84 valence electrons. The van der Waals surface area contributed by atoms with Crippen LogP contribution >= 0.6 is 12.6 Å². The quantitative estimate of drug-likeness (QED) is 0.542. The van der Waals surface area contributed by atoms with Crippen molar-refractivity contribution in [3.8, 4) is 0 Å². The molecule has 14 heavy (non-hydrogen) atoms. The van der Waals surface area contributed by atoms with Crippen molar-refractivity contribution in [3.63, 3.8) is 0 Å². The summed E-state index contributed by atoms with van der Waals surface area (Å²) in [7, 11) is 2.20. The van der Waals surface area contributed by atoms with Crippen LogP contribution in [0.2, 0.25) is 0 Å². The summed E-state index contributed by atoms with van der Waals surface area (Å²) in [6, 6.07) is 0.811. The monoisotopic (exact) mass is 215 g/mol. The largest absolute Gasteiger partial charge is 0.294 e. The topological polar surface area (TPSA) is 3.24 Å². The summed E-state index contributed by atoms with van der Waals surface area (Å²) in [6.45, 7) is 2.29. The minimum absolute atomic E-state index is 0.811. The van der Waals surface area contributed by atoms with Crippen molar-refractivity contribution in [1.82, 2.24) is 4.90 Å². The summed E-state index contributed by atoms with van der Waals surface area (Å²) in [6.07, 6.45) is 9.93. The third-order valence-electron chi connectivity index (χ3n) is 3.63. The van der Waals surface area contributed by atoms with Crippen LogP contribution in [0.25, 0.3) is 0 Å². The van der Waals surface area contributed by atoms with Gasteiger partial charge in [0.25, 0.3) is 0 Å². The van der Waals surface area contributed by atoms with Crippen LogP contribution in [0.3, 0.4) is 0 Å². The van der Waals surface area contributed by atoms with Crippen molar-refractivity contribution in [1.29, 1.82) is 0 Å². The lowest BCUT2D eigenvalue weighted by Gasteiger charge is -2.33. The number of hydrogen-bond acceptors (Lipinski definition) is 2. The van der Waals surface area contributed by atoms with E-state index in [4.69, 9.17) is 0 Å². The zero-order valence-corrected chi connectivity index (χ0v) is 10.6. The number of thiol groups is 1. The molecule has 0 N–H and O–H groups in total. The molecule has 0 aliphatic heterocycles. The van der Waals surface area contributed by atoms with Gasteiger partial charge in [0.15, 0.2) is 0 Å². The lowest BCUT2D eigenvalue weighted by molar-refractivity contribution is 0.182. The molecule has 0 aromatic carbocycles. The van der Waals surface area contributed by atoms with E-state index in [2.05, 4.69) is 31.5 Å². The molecule has 0 heterocycles. The zero-order chi connectivity index (χ0) is 10.4. The summed E-state index contributed by atoms with van der Waals surface area (Å²) < 4.78 is 0. The van der Waals surface area contributed by atoms with Crippen LogP contribution in [-0.2, 0) is 0 Å². The van der Waals surface area contributed by atoms with Gasteiger partial charge in [-0.3, -0.25) is 4.90 Å². The SMILES string of the molecule is CCCCC1CCC(N(C)CS)CC1. The molecular weight excluding hydrogens is 190 g/mol. The average Bonchev–Trinajstić information content (AvgIpc) is 2.26. The highest BCUT2D eigenvalue weighted by Gasteiger charge is 2.22. The molecule has 0 radical (unpaired) electrons. The van der Waals surface area contributed by atoms with Gasteiger partial charge >= 0.3 is 0 Å². The van der Waals surface area contributed by atoms with Crippen molar-refractivity contribution < 1.29 is 0 Å². The number of hydrogen-bond donors (Lipinski definition) is 1. The molecule has 0 bridgehead atoms. The molecule has 0 spiro atoms. The van der Waals surface area contributed by atoms with E-state index in [1.165, 1.54) is 44.9 Å². The zero-order valence-electron chi connectivity index (χ0n) is 9.71. The molecule has 1 aliphatic carbocycles. The molecule has 2 heteroatoms. The second-order valence-electron chi connectivity index (χ2n) is 4.72.